The van der Waals surface area contributed by atoms with Gasteiger partial charge < -0.3 is 15.1 Å². The van der Waals surface area contributed by atoms with Gasteiger partial charge in [0.1, 0.15) is 5.41 Å². The Morgan fingerprint density at radius 1 is 1.06 bits per heavy atom. The van der Waals surface area contributed by atoms with Gasteiger partial charge in [0.2, 0.25) is 11.8 Å². The predicted molar refractivity (Wildman–Crippen MR) is 146 cm³/mol. The van der Waals surface area contributed by atoms with Crippen LogP contribution in [-0.4, -0.2) is 53.8 Å². The van der Waals surface area contributed by atoms with Crippen LogP contribution in [0.15, 0.2) is 54.6 Å². The van der Waals surface area contributed by atoms with E-state index in [1.54, 1.807) is 6.07 Å². The largest absolute Gasteiger partial charge is 0.334 e. The zero-order valence-electron chi connectivity index (χ0n) is 20.7. The molecule has 1 spiro atoms. The van der Waals surface area contributed by atoms with Gasteiger partial charge in [-0.1, -0.05) is 60.0 Å². The van der Waals surface area contributed by atoms with Crippen LogP contribution in [0.2, 0.25) is 10.0 Å². The van der Waals surface area contributed by atoms with E-state index in [9.17, 15) is 9.59 Å². The van der Waals surface area contributed by atoms with Gasteiger partial charge in [-0.05, 0) is 81.2 Å². The highest BCUT2D eigenvalue weighted by atomic mass is 35.5. The highest BCUT2D eigenvalue weighted by molar-refractivity contribution is 6.31. The number of carbonyl (C=O) groups is 2. The first-order chi connectivity index (χ1) is 17.3. The summed E-state index contributed by atoms with van der Waals surface area (Å²) in [5.41, 5.74) is 2.23. The molecule has 2 aromatic carbocycles. The van der Waals surface area contributed by atoms with E-state index in [0.717, 1.165) is 42.8 Å². The lowest BCUT2D eigenvalue weighted by atomic mass is 9.58. The van der Waals surface area contributed by atoms with Gasteiger partial charge in [0, 0.05) is 34.6 Å². The molecule has 2 amide bonds. The Morgan fingerprint density at radius 3 is 2.53 bits per heavy atom. The number of fused-ring (bicyclic) bond motifs is 2. The average Bonchev–Trinajstić information content (AvgIpc) is 3.12. The van der Waals surface area contributed by atoms with E-state index in [1.165, 1.54) is 19.3 Å². The summed E-state index contributed by atoms with van der Waals surface area (Å²) in [6.07, 6.45) is 4.86. The van der Waals surface area contributed by atoms with Gasteiger partial charge in [0.05, 0.1) is 6.04 Å². The monoisotopic (exact) mass is 525 g/mol. The molecule has 2 fully saturated rings. The Bertz CT molecular complexity index is 1190. The van der Waals surface area contributed by atoms with E-state index in [1.807, 2.05) is 48.2 Å². The smallest absolute Gasteiger partial charge is 0.238 e. The molecule has 36 heavy (non-hydrogen) atoms. The third-order valence-electron chi connectivity index (χ3n) is 8.08. The number of halogens is 2. The Balaban J connectivity index is 1.58. The van der Waals surface area contributed by atoms with Crippen LogP contribution in [0, 0.1) is 0 Å². The number of amides is 2. The molecule has 2 saturated heterocycles. The van der Waals surface area contributed by atoms with Crippen molar-refractivity contribution in [2.45, 2.75) is 56.4 Å². The van der Waals surface area contributed by atoms with Crippen LogP contribution in [0.4, 0.5) is 5.69 Å². The standard InChI is InChI=1S/C29H33Cl2N3O2/c1-19(2)27-29(23-11-10-22(31)17-25(23)32-28(29)36)24(20-8-6-9-21(30)16-20)18-26(35)34(27)15-7-14-33-12-4-3-5-13-33/h6,8-11,16-17,24,27H,1,3-5,7,12-15,18H2,2H3,(H,32,36). The number of anilines is 1. The molecule has 5 rings (SSSR count). The van der Waals surface area contributed by atoms with Gasteiger partial charge in [0.15, 0.2) is 0 Å². The number of nitrogens with zero attached hydrogens (tertiary/aromatic N) is 2. The first-order valence-electron chi connectivity index (χ1n) is 12.9. The molecule has 7 heteroatoms. The fourth-order valence-electron chi connectivity index (χ4n) is 6.64. The molecule has 3 unspecified atom stereocenters. The summed E-state index contributed by atoms with van der Waals surface area (Å²) in [5.74, 6) is -0.454. The van der Waals surface area contributed by atoms with E-state index >= 15 is 0 Å². The molecule has 2 aromatic rings. The van der Waals surface area contributed by atoms with Crippen molar-refractivity contribution >= 4 is 40.7 Å². The van der Waals surface area contributed by atoms with Gasteiger partial charge in [0.25, 0.3) is 0 Å². The lowest BCUT2D eigenvalue weighted by molar-refractivity contribution is -0.143. The number of hydrogen-bond acceptors (Lipinski definition) is 3. The molecule has 1 N–H and O–H groups in total. The summed E-state index contributed by atoms with van der Waals surface area (Å²) < 4.78 is 0. The van der Waals surface area contributed by atoms with Crippen molar-refractivity contribution in [2.75, 3.05) is 31.5 Å². The minimum atomic E-state index is -1.02. The zero-order valence-corrected chi connectivity index (χ0v) is 22.2. The summed E-state index contributed by atoms with van der Waals surface area (Å²) in [5, 5.41) is 4.24. The van der Waals surface area contributed by atoms with E-state index in [4.69, 9.17) is 23.2 Å². The van der Waals surface area contributed by atoms with Crippen molar-refractivity contribution in [3.05, 3.63) is 75.8 Å². The third-order valence-corrected chi connectivity index (χ3v) is 8.55. The van der Waals surface area contributed by atoms with Gasteiger partial charge in [-0.2, -0.15) is 0 Å². The van der Waals surface area contributed by atoms with Gasteiger partial charge in [-0.25, -0.2) is 0 Å². The second-order valence-corrected chi connectivity index (χ2v) is 11.3. The van der Waals surface area contributed by atoms with Gasteiger partial charge in [-0.15, -0.1) is 0 Å². The van der Waals surface area contributed by atoms with Crippen LogP contribution in [0.5, 0.6) is 0 Å². The number of nitrogens with one attached hydrogen (secondary N) is 1. The molecule has 3 aliphatic heterocycles. The maximum atomic E-state index is 14.1. The van der Waals surface area contributed by atoms with E-state index < -0.39 is 11.5 Å². The molecule has 190 valence electrons. The second-order valence-electron chi connectivity index (χ2n) is 10.4. The highest BCUT2D eigenvalue weighted by Crippen LogP contribution is 2.56. The number of piperidine rings is 2. The second kappa shape index (κ2) is 10.2. The van der Waals surface area contributed by atoms with Crippen molar-refractivity contribution in [1.29, 1.82) is 0 Å². The van der Waals surface area contributed by atoms with Crippen LogP contribution < -0.4 is 5.32 Å². The first-order valence-corrected chi connectivity index (χ1v) is 13.6. The van der Waals surface area contributed by atoms with Crippen molar-refractivity contribution in [2.24, 2.45) is 0 Å². The molecule has 0 aliphatic carbocycles. The predicted octanol–water partition coefficient (Wildman–Crippen LogP) is 6.02. The molecule has 3 heterocycles. The summed E-state index contributed by atoms with van der Waals surface area (Å²) in [6.45, 7) is 10.0. The molecule has 0 radical (unpaired) electrons. The lowest BCUT2D eigenvalue weighted by Gasteiger charge is -2.52. The summed E-state index contributed by atoms with van der Waals surface area (Å²) >= 11 is 12.7. The molecule has 0 saturated carbocycles. The Labute approximate surface area is 223 Å². The Kier molecular flexibility index (Phi) is 7.17. The van der Waals surface area contributed by atoms with Gasteiger partial charge in [-0.3, -0.25) is 9.59 Å². The maximum absolute atomic E-state index is 14.1. The van der Waals surface area contributed by atoms with Crippen LogP contribution in [0.1, 0.15) is 56.1 Å². The van der Waals surface area contributed by atoms with E-state index in [2.05, 4.69) is 16.8 Å². The zero-order chi connectivity index (χ0) is 25.4. The number of carbonyl (C=O) groups excluding carboxylic acids is 2. The quantitative estimate of drug-likeness (QED) is 0.469. The summed E-state index contributed by atoms with van der Waals surface area (Å²) in [6, 6.07) is 12.6. The van der Waals surface area contributed by atoms with Crippen LogP contribution in [0.25, 0.3) is 0 Å². The fraction of sp³-hybridized carbons (Fsp3) is 0.448. The SMILES string of the molecule is C=C(C)C1N(CCCN2CCCCC2)C(=O)CC(c2cccc(Cl)c2)C12C(=O)Nc1cc(Cl)ccc12. The first kappa shape index (κ1) is 25.3. The van der Waals surface area contributed by atoms with Crippen LogP contribution in [-0.2, 0) is 15.0 Å². The Morgan fingerprint density at radius 2 is 1.81 bits per heavy atom. The third kappa shape index (κ3) is 4.36. The average molecular weight is 527 g/mol. The summed E-state index contributed by atoms with van der Waals surface area (Å²) in [4.78, 5) is 32.3. The lowest BCUT2D eigenvalue weighted by Crippen LogP contribution is -2.63. The van der Waals surface area contributed by atoms with Crippen molar-refractivity contribution in [3.8, 4) is 0 Å². The van der Waals surface area contributed by atoms with E-state index in [0.29, 0.717) is 22.3 Å². The van der Waals surface area contributed by atoms with Crippen molar-refractivity contribution < 1.29 is 9.59 Å². The molecular formula is C29H33Cl2N3O2. The normalized spacial score (nSPS) is 26.2. The highest BCUT2D eigenvalue weighted by Gasteiger charge is 2.63. The van der Waals surface area contributed by atoms with Crippen LogP contribution >= 0.6 is 23.2 Å². The van der Waals surface area contributed by atoms with E-state index in [-0.39, 0.29) is 24.2 Å². The maximum Gasteiger partial charge on any atom is 0.238 e. The van der Waals surface area contributed by atoms with Crippen molar-refractivity contribution in [3.63, 3.8) is 0 Å². The molecule has 5 nitrogen and oxygen atoms in total. The topological polar surface area (TPSA) is 52.7 Å². The molecule has 3 atom stereocenters. The van der Waals surface area contributed by atoms with Gasteiger partial charge >= 0.3 is 0 Å². The number of hydrogen-bond donors (Lipinski definition) is 1. The fourth-order valence-corrected chi connectivity index (χ4v) is 7.01. The Hall–Kier alpha value is -2.34. The van der Waals surface area contributed by atoms with Crippen LogP contribution in [0.3, 0.4) is 0 Å². The molecular weight excluding hydrogens is 493 g/mol. The number of benzene rings is 2. The number of likely N-dealkylation sites (tertiary alicyclic amines) is 2. The summed E-state index contributed by atoms with van der Waals surface area (Å²) in [7, 11) is 0. The number of rotatable bonds is 6. The molecule has 0 bridgehead atoms. The minimum absolute atomic E-state index is 0.0486. The molecule has 3 aliphatic rings. The van der Waals surface area contributed by atoms with Crippen molar-refractivity contribution in [1.82, 2.24) is 9.80 Å². The molecule has 0 aromatic heterocycles. The minimum Gasteiger partial charge on any atom is -0.334 e.